The number of hydrogen-bond donors (Lipinski definition) is 3. The van der Waals surface area contributed by atoms with Gasteiger partial charge in [-0.2, -0.15) is 0 Å². The first-order valence-corrected chi connectivity index (χ1v) is 16.4. The van der Waals surface area contributed by atoms with Crippen LogP contribution < -0.4 is 0 Å². The van der Waals surface area contributed by atoms with Gasteiger partial charge in [0.1, 0.15) is 17.4 Å². The Bertz CT molecular complexity index is 1160. The SMILES string of the molecule is COCC1(CCC(C)CC(C)=O)OC(O)(CC(=O)N2CCCC2C(=O)OC(C(C)=O)C(C)C(O)CC(=O)/C(C)=C/O)C(C)CC1OC. The summed E-state index contributed by atoms with van der Waals surface area (Å²) in [6.07, 6.45) is -0.850. The molecule has 0 aromatic heterocycles. The second-order valence-electron chi connectivity index (χ2n) is 13.6. The molecule has 0 radical (unpaired) electrons. The lowest BCUT2D eigenvalue weighted by molar-refractivity contribution is -0.351. The van der Waals surface area contributed by atoms with Crippen LogP contribution in [0.2, 0.25) is 0 Å². The highest BCUT2D eigenvalue weighted by molar-refractivity contribution is 5.95. The number of likely N-dealkylation sites (tertiary alicyclic amines) is 1. The number of aliphatic hydroxyl groups is 3. The molecule has 0 saturated carbocycles. The van der Waals surface area contributed by atoms with E-state index in [4.69, 9.17) is 24.1 Å². The molecular weight excluding hydrogens is 614 g/mol. The molecule has 9 atom stereocenters. The Labute approximate surface area is 277 Å². The van der Waals surface area contributed by atoms with E-state index in [2.05, 4.69) is 0 Å². The monoisotopic (exact) mass is 669 g/mol. The third-order valence-corrected chi connectivity index (χ3v) is 9.68. The Morgan fingerprint density at radius 3 is 2.30 bits per heavy atom. The lowest BCUT2D eigenvalue weighted by Crippen LogP contribution is -2.63. The minimum Gasteiger partial charge on any atom is -0.515 e. The van der Waals surface area contributed by atoms with Crippen LogP contribution in [-0.4, -0.2) is 113 Å². The molecule has 2 fully saturated rings. The summed E-state index contributed by atoms with van der Waals surface area (Å²) in [6, 6.07) is -1.03. The second-order valence-corrected chi connectivity index (χ2v) is 13.6. The molecule has 13 nitrogen and oxygen atoms in total. The standard InChI is InChI=1S/C34H55NO12/c1-20(14-23(4)37)11-12-33(19-44-7)29(45-8)15-22(3)34(43,47-33)17-30(41)35-13-9-10-26(35)32(42)46-31(25(6)38)24(5)28(40)16-27(39)21(2)18-36/h18,20,22,24,26,28-29,31,36,40,43H,9-17,19H2,1-8H3/b21-18+. The second kappa shape index (κ2) is 17.6. The lowest BCUT2D eigenvalue weighted by atomic mass is 9.77. The molecule has 2 rings (SSSR count). The van der Waals surface area contributed by atoms with E-state index in [0.29, 0.717) is 38.4 Å². The molecule has 9 unspecified atom stereocenters. The summed E-state index contributed by atoms with van der Waals surface area (Å²) in [5.74, 6) is -5.70. The number of hydrogen-bond acceptors (Lipinski definition) is 12. The molecule has 2 saturated heterocycles. The average Bonchev–Trinajstić information content (AvgIpc) is 3.50. The Balaban J connectivity index is 2.22. The number of amides is 1. The topological polar surface area (TPSA) is 186 Å². The minimum atomic E-state index is -1.92. The zero-order chi connectivity index (χ0) is 35.7. The van der Waals surface area contributed by atoms with Crippen molar-refractivity contribution in [3.8, 4) is 0 Å². The fourth-order valence-electron chi connectivity index (χ4n) is 6.70. The van der Waals surface area contributed by atoms with Crippen LogP contribution in [0.1, 0.15) is 92.9 Å². The van der Waals surface area contributed by atoms with Gasteiger partial charge in [-0.05, 0) is 58.8 Å². The van der Waals surface area contributed by atoms with Gasteiger partial charge in [0.25, 0.3) is 0 Å². The molecule has 2 aliphatic rings. The number of nitrogens with zero attached hydrogens (tertiary/aromatic N) is 1. The lowest BCUT2D eigenvalue weighted by Gasteiger charge is -2.52. The number of methoxy groups -OCH3 is 2. The van der Waals surface area contributed by atoms with Crippen molar-refractivity contribution in [2.75, 3.05) is 27.4 Å². The number of esters is 1. The fraction of sp³-hybridized carbons (Fsp3) is 0.794. The van der Waals surface area contributed by atoms with Crippen LogP contribution in [0.15, 0.2) is 11.8 Å². The van der Waals surface area contributed by atoms with Crippen molar-refractivity contribution in [1.29, 1.82) is 0 Å². The number of aliphatic hydroxyl groups excluding tert-OH is 2. The molecule has 0 aliphatic carbocycles. The van der Waals surface area contributed by atoms with E-state index >= 15 is 0 Å². The van der Waals surface area contributed by atoms with Crippen molar-refractivity contribution in [1.82, 2.24) is 4.90 Å². The van der Waals surface area contributed by atoms with Gasteiger partial charge in [-0.1, -0.05) is 20.8 Å². The molecule has 47 heavy (non-hydrogen) atoms. The highest BCUT2D eigenvalue weighted by Gasteiger charge is 2.56. The Morgan fingerprint density at radius 1 is 1.09 bits per heavy atom. The van der Waals surface area contributed by atoms with Crippen molar-refractivity contribution in [3.63, 3.8) is 0 Å². The molecule has 268 valence electrons. The quantitative estimate of drug-likeness (QED) is 0.110. The van der Waals surface area contributed by atoms with E-state index in [-0.39, 0.29) is 43.3 Å². The van der Waals surface area contributed by atoms with E-state index in [9.17, 15) is 34.2 Å². The summed E-state index contributed by atoms with van der Waals surface area (Å²) in [7, 11) is 3.07. The van der Waals surface area contributed by atoms with Crippen molar-refractivity contribution < 1.29 is 58.2 Å². The number of carbonyl (C=O) groups excluding carboxylic acids is 5. The van der Waals surface area contributed by atoms with Gasteiger partial charge in [0.05, 0.1) is 31.5 Å². The van der Waals surface area contributed by atoms with E-state index in [0.717, 1.165) is 0 Å². The highest BCUT2D eigenvalue weighted by atomic mass is 16.7. The third-order valence-electron chi connectivity index (χ3n) is 9.68. The molecule has 0 bridgehead atoms. The Hall–Kier alpha value is -2.71. The van der Waals surface area contributed by atoms with Gasteiger partial charge in [-0.25, -0.2) is 4.79 Å². The first-order valence-electron chi connectivity index (χ1n) is 16.4. The molecule has 3 N–H and O–H groups in total. The van der Waals surface area contributed by atoms with Gasteiger partial charge in [0.15, 0.2) is 23.5 Å². The minimum absolute atomic E-state index is 0.0328. The van der Waals surface area contributed by atoms with Crippen LogP contribution >= 0.6 is 0 Å². The van der Waals surface area contributed by atoms with Gasteiger partial charge in [-0.3, -0.25) is 14.4 Å². The number of ether oxygens (including phenoxy) is 4. The summed E-state index contributed by atoms with van der Waals surface area (Å²) in [4.78, 5) is 64.8. The Kier molecular flexibility index (Phi) is 15.2. The predicted octanol–water partition coefficient (Wildman–Crippen LogP) is 2.83. The average molecular weight is 670 g/mol. The van der Waals surface area contributed by atoms with E-state index < -0.39 is 77.4 Å². The van der Waals surface area contributed by atoms with E-state index in [1.54, 1.807) is 14.0 Å². The highest BCUT2D eigenvalue weighted by Crippen LogP contribution is 2.45. The number of allylic oxidation sites excluding steroid dienone is 1. The van der Waals surface area contributed by atoms with Crippen LogP contribution in [0.4, 0.5) is 0 Å². The maximum Gasteiger partial charge on any atom is 0.329 e. The van der Waals surface area contributed by atoms with Gasteiger partial charge in [-0.15, -0.1) is 0 Å². The van der Waals surface area contributed by atoms with Crippen LogP contribution in [0.3, 0.4) is 0 Å². The van der Waals surface area contributed by atoms with Crippen molar-refractivity contribution in [3.05, 3.63) is 11.8 Å². The zero-order valence-corrected chi connectivity index (χ0v) is 29.2. The molecular formula is C34H55NO12. The van der Waals surface area contributed by atoms with Crippen molar-refractivity contribution in [2.45, 2.75) is 129 Å². The molecule has 0 spiro atoms. The van der Waals surface area contributed by atoms with Crippen LogP contribution in [-0.2, 0) is 42.9 Å². The van der Waals surface area contributed by atoms with Crippen molar-refractivity contribution >= 4 is 29.2 Å². The van der Waals surface area contributed by atoms with Gasteiger partial charge < -0.3 is 44.0 Å². The first kappa shape index (κ1) is 40.5. The van der Waals surface area contributed by atoms with Crippen LogP contribution in [0.5, 0.6) is 0 Å². The van der Waals surface area contributed by atoms with E-state index in [1.807, 2.05) is 6.92 Å². The van der Waals surface area contributed by atoms with E-state index in [1.165, 1.54) is 39.7 Å². The maximum absolute atomic E-state index is 13.8. The predicted molar refractivity (Wildman–Crippen MR) is 170 cm³/mol. The normalized spacial score (nSPS) is 29.1. The summed E-state index contributed by atoms with van der Waals surface area (Å²) < 4.78 is 23.3. The number of rotatable bonds is 18. The smallest absolute Gasteiger partial charge is 0.329 e. The molecule has 0 aromatic carbocycles. The number of Topliss-reactive ketones (excluding diaryl/α,β-unsaturated/α-hetero) is 3. The fourth-order valence-corrected chi connectivity index (χ4v) is 6.70. The number of carbonyl (C=O) groups is 5. The number of ketones is 3. The maximum atomic E-state index is 13.8. The molecule has 13 heteroatoms. The Morgan fingerprint density at radius 2 is 1.74 bits per heavy atom. The zero-order valence-electron chi connectivity index (χ0n) is 29.2. The first-order chi connectivity index (χ1) is 21.9. The molecule has 0 aromatic rings. The summed E-state index contributed by atoms with van der Waals surface area (Å²) >= 11 is 0. The molecule has 2 heterocycles. The summed E-state index contributed by atoms with van der Waals surface area (Å²) in [5, 5.41) is 31.6. The van der Waals surface area contributed by atoms with Crippen LogP contribution in [0, 0.1) is 17.8 Å². The summed E-state index contributed by atoms with van der Waals surface area (Å²) in [6.45, 7) is 9.63. The van der Waals surface area contributed by atoms with Gasteiger partial charge >= 0.3 is 5.97 Å². The van der Waals surface area contributed by atoms with Crippen molar-refractivity contribution in [2.24, 2.45) is 17.8 Å². The van der Waals surface area contributed by atoms with Crippen LogP contribution in [0.25, 0.3) is 0 Å². The molecule has 1 amide bonds. The largest absolute Gasteiger partial charge is 0.515 e. The van der Waals surface area contributed by atoms with Gasteiger partial charge in [0, 0.05) is 51.0 Å². The third kappa shape index (κ3) is 10.4. The molecule has 2 aliphatic heterocycles. The van der Waals surface area contributed by atoms with Gasteiger partial charge in [0.2, 0.25) is 5.91 Å². The summed E-state index contributed by atoms with van der Waals surface area (Å²) in [5.41, 5.74) is -1.07.